The molecule has 0 bridgehead atoms. The van der Waals surface area contributed by atoms with Crippen LogP contribution in [0, 0.1) is 0 Å². The first-order valence-corrected chi connectivity index (χ1v) is 33.9. The van der Waals surface area contributed by atoms with E-state index in [-0.39, 0.29) is 7.25 Å². The van der Waals surface area contributed by atoms with E-state index in [0.29, 0.717) is 6.04 Å². The molecule has 3 aromatic carbocycles. The van der Waals surface area contributed by atoms with Gasteiger partial charge in [-0.15, -0.1) is 0 Å². The van der Waals surface area contributed by atoms with Crippen molar-refractivity contribution in [1.82, 2.24) is 0 Å². The van der Waals surface area contributed by atoms with Crippen LogP contribution in [0.25, 0.3) is 12.2 Å². The van der Waals surface area contributed by atoms with Gasteiger partial charge in [-0.2, -0.15) is 0 Å². The molecule has 8 heteroatoms. The molecule has 3 atom stereocenters. The van der Waals surface area contributed by atoms with Crippen molar-refractivity contribution >= 4 is 79.5 Å². The second-order valence-electron chi connectivity index (χ2n) is 11.0. The molecule has 0 N–H and O–H groups in total. The van der Waals surface area contributed by atoms with Crippen LogP contribution in [-0.4, -0.2) is 11.9 Å². The van der Waals surface area contributed by atoms with Gasteiger partial charge in [-0.25, -0.2) is 0 Å². The molecule has 2 aliphatic carbocycles. The molecule has 38 heavy (non-hydrogen) atoms. The van der Waals surface area contributed by atoms with E-state index in [1.54, 1.807) is 0 Å². The minimum absolute atomic E-state index is 0.0647. The first kappa shape index (κ1) is 29.4. The zero-order chi connectivity index (χ0) is 27.2. The van der Waals surface area contributed by atoms with E-state index < -0.39 is 27.5 Å². The zero-order valence-corrected chi connectivity index (χ0v) is 30.0. The average Bonchev–Trinajstić information content (AvgIpc) is 3.40. The molecule has 0 aromatic heterocycles. The molecule has 0 radical (unpaired) electrons. The van der Waals surface area contributed by atoms with Crippen molar-refractivity contribution < 1.29 is 15.6 Å². The zero-order valence-electron chi connectivity index (χ0n) is 21.6. The van der Waals surface area contributed by atoms with Gasteiger partial charge in [-0.1, -0.05) is 0 Å². The molecule has 199 valence electrons. The Bertz CT molecular complexity index is 1330. The molecule has 0 nitrogen and oxygen atoms in total. The molecule has 2 aliphatic rings. The second kappa shape index (κ2) is 11.3. The van der Waals surface area contributed by atoms with Crippen LogP contribution in [-0.2, 0) is 15.6 Å². The molecule has 0 saturated carbocycles. The predicted molar refractivity (Wildman–Crippen MR) is 173 cm³/mol. The molecule has 0 fully saturated rings. The summed E-state index contributed by atoms with van der Waals surface area (Å²) in [6.45, 7) is 4.49. The van der Waals surface area contributed by atoms with E-state index in [1.165, 1.54) is 38.6 Å². The van der Waals surface area contributed by atoms with E-state index in [2.05, 4.69) is 105 Å². The Morgan fingerprint density at radius 1 is 0.684 bits per heavy atom. The number of hydrogen-bond donors (Lipinski definition) is 0. The summed E-state index contributed by atoms with van der Waals surface area (Å²) in [4.78, 5) is 0. The van der Waals surface area contributed by atoms with Gasteiger partial charge < -0.3 is 0 Å². The number of benzene rings is 3. The number of rotatable bonds is 9. The quantitative estimate of drug-likeness (QED) is 0.118. The van der Waals surface area contributed by atoms with E-state index in [9.17, 15) is 0 Å². The Kier molecular flexibility index (Phi) is 8.74. The molecule has 0 aliphatic heterocycles. The van der Waals surface area contributed by atoms with Crippen molar-refractivity contribution in [2.24, 2.45) is 0 Å². The first-order valence-electron chi connectivity index (χ1n) is 13.2. The molecule has 3 unspecified atom stereocenters. The molecular formula is C30H32Cl5Si2Zr. The fraction of sp³-hybridized carbons (Fsp3) is 0.267. The number of hydrogen-bond acceptors (Lipinski definition) is 0. The van der Waals surface area contributed by atoms with E-state index in [1.807, 2.05) is 0 Å². The third-order valence-corrected chi connectivity index (χ3v) is 56.6. The van der Waals surface area contributed by atoms with Gasteiger partial charge in [-0.3, -0.25) is 0 Å². The molecule has 0 heterocycles. The monoisotopic (exact) mass is 713 g/mol. The van der Waals surface area contributed by atoms with Crippen molar-refractivity contribution in [2.75, 3.05) is 0 Å². The van der Waals surface area contributed by atoms with Crippen LogP contribution in [0.3, 0.4) is 0 Å². The summed E-state index contributed by atoms with van der Waals surface area (Å²) >= 11 is 13.9. The number of fused-ring (bicyclic) bond motifs is 2. The van der Waals surface area contributed by atoms with Crippen LogP contribution in [0.5, 0.6) is 0 Å². The van der Waals surface area contributed by atoms with Gasteiger partial charge in [0.15, 0.2) is 0 Å². The van der Waals surface area contributed by atoms with Gasteiger partial charge >= 0.3 is 253 Å². The summed E-state index contributed by atoms with van der Waals surface area (Å²) in [6.07, 6.45) is 6.51. The summed E-state index contributed by atoms with van der Waals surface area (Å²) < 4.78 is 0.129. The van der Waals surface area contributed by atoms with Crippen molar-refractivity contribution in [3.63, 3.8) is 0 Å². The summed E-state index contributed by atoms with van der Waals surface area (Å²) in [6, 6.07) is 27.3. The van der Waals surface area contributed by atoms with Gasteiger partial charge in [0.1, 0.15) is 0 Å². The van der Waals surface area contributed by atoms with Gasteiger partial charge in [0.05, 0.1) is 0 Å². The standard InChI is InChI=1S/C10H14Cl3Si2.2C10H9.2ClH.Zr/c11-15(12,13)9-5-4-8-14-10-6-2-1-3-7-10;2*1-8-6-9-4-2-3-5-10(9)7-8;;;/h1-3,6-7,14H,4-5,8-9H2;2*2-7H,1H3;2*1H;/q;;;;;+2/p-2. The minimum atomic E-state index is -4.93. The number of halogens is 5. The van der Waals surface area contributed by atoms with Crippen LogP contribution in [0.4, 0.5) is 0 Å². The molecule has 0 spiro atoms. The third kappa shape index (κ3) is 5.41. The molecule has 5 rings (SSSR count). The van der Waals surface area contributed by atoms with Crippen LogP contribution in [0.1, 0.15) is 56.2 Å². The van der Waals surface area contributed by atoms with Gasteiger partial charge in [0.2, 0.25) is 0 Å². The van der Waals surface area contributed by atoms with Gasteiger partial charge in [0.25, 0.3) is 0 Å². The van der Waals surface area contributed by atoms with E-state index in [0.717, 1.165) is 18.9 Å². The van der Waals surface area contributed by atoms with E-state index >= 15 is 0 Å². The van der Waals surface area contributed by atoms with Crippen LogP contribution in [0.2, 0.25) is 12.1 Å². The Hall–Kier alpha value is -0.0931. The SMILES string of the molecule is CC1=Cc2ccccc2[CH]1[Zr]([Cl])([Cl])([CH]1C(C)=Cc2ccccc21)[SiH](CCCC[Si](Cl)(Cl)Cl)c1ccccc1. The summed E-state index contributed by atoms with van der Waals surface area (Å²) in [5.41, 5.74) is 7.74. The predicted octanol–water partition coefficient (Wildman–Crippen LogP) is 10.4. The number of allylic oxidation sites excluding steroid dienone is 2. The maximum absolute atomic E-state index is 8.61. The Balaban J connectivity index is 1.73. The van der Waals surface area contributed by atoms with Crippen molar-refractivity contribution in [2.45, 2.75) is 46.0 Å². The van der Waals surface area contributed by atoms with Crippen LogP contribution >= 0.6 is 50.3 Å². The summed E-state index contributed by atoms with van der Waals surface area (Å²) in [7, 11) is 17.2. The second-order valence-corrected chi connectivity index (χ2v) is 59.4. The van der Waals surface area contributed by atoms with Crippen molar-refractivity contribution in [3.8, 4) is 0 Å². The van der Waals surface area contributed by atoms with Crippen LogP contribution in [0.15, 0.2) is 90.0 Å². The molecular weight excluding hydrogens is 685 g/mol. The van der Waals surface area contributed by atoms with Crippen molar-refractivity contribution in [1.29, 1.82) is 0 Å². The fourth-order valence-corrected chi connectivity index (χ4v) is 60.5. The molecule has 0 saturated heterocycles. The topological polar surface area (TPSA) is 0 Å². The Morgan fingerprint density at radius 3 is 1.66 bits per heavy atom. The van der Waals surface area contributed by atoms with Crippen molar-refractivity contribution in [3.05, 3.63) is 112 Å². The Labute approximate surface area is 250 Å². The van der Waals surface area contributed by atoms with E-state index in [4.69, 9.17) is 50.3 Å². The van der Waals surface area contributed by atoms with Crippen LogP contribution < -0.4 is 5.19 Å². The fourth-order valence-electron chi connectivity index (χ4n) is 7.11. The number of unbranched alkanes of at least 4 members (excludes halogenated alkanes) is 1. The average molecular weight is 717 g/mol. The maximum atomic E-state index is 8.61. The van der Waals surface area contributed by atoms with Gasteiger partial charge in [-0.05, 0) is 0 Å². The molecule has 0 amide bonds. The third-order valence-electron chi connectivity index (χ3n) is 8.46. The summed E-state index contributed by atoms with van der Waals surface area (Å²) in [5, 5.41) is 1.36. The summed E-state index contributed by atoms with van der Waals surface area (Å²) in [5.74, 6) is -1.98. The normalized spacial score (nSPS) is 20.7. The molecule has 3 aromatic rings. The van der Waals surface area contributed by atoms with Gasteiger partial charge in [0, 0.05) is 0 Å². The Morgan fingerprint density at radius 2 is 1.16 bits per heavy atom. The first-order chi connectivity index (χ1) is 18.0.